The first-order valence-electron chi connectivity index (χ1n) is 7.37. The first-order chi connectivity index (χ1) is 11.4. The Morgan fingerprint density at radius 1 is 1.25 bits per heavy atom. The molecule has 1 aliphatic rings. The fraction of sp³-hybridized carbons (Fsp3) is 0.294. The second-order valence-electron chi connectivity index (χ2n) is 5.67. The van der Waals surface area contributed by atoms with Gasteiger partial charge >= 0.3 is 6.18 Å². The van der Waals surface area contributed by atoms with Crippen LogP contribution in [0.25, 0.3) is 0 Å². The fourth-order valence-electron chi connectivity index (χ4n) is 3.00. The van der Waals surface area contributed by atoms with Crippen molar-refractivity contribution in [2.75, 3.05) is 11.4 Å². The van der Waals surface area contributed by atoms with E-state index in [0.29, 0.717) is 16.9 Å². The molecule has 0 spiro atoms. The Morgan fingerprint density at radius 2 is 2.04 bits per heavy atom. The number of β-amino-alcohol motifs (C(OH)–C–C–N with tert-alkyl or cyclic N) is 1. The molecule has 3 rings (SSSR count). The van der Waals surface area contributed by atoms with E-state index in [-0.39, 0.29) is 13.0 Å². The van der Waals surface area contributed by atoms with Gasteiger partial charge in [-0.2, -0.15) is 18.4 Å². The number of nitriles is 1. The topological polar surface area (TPSA) is 60.2 Å². The summed E-state index contributed by atoms with van der Waals surface area (Å²) in [6.07, 6.45) is -3.33. The highest BCUT2D eigenvalue weighted by Gasteiger charge is 2.36. The van der Waals surface area contributed by atoms with Crippen LogP contribution in [0, 0.1) is 11.3 Å². The summed E-state index contributed by atoms with van der Waals surface area (Å²) >= 11 is 0. The zero-order valence-electron chi connectivity index (χ0n) is 12.5. The molecule has 7 heteroatoms. The van der Waals surface area contributed by atoms with E-state index in [9.17, 15) is 23.5 Å². The SMILES string of the molecule is N#Cc1cccnc1N1C[C@@H](O)C[C@H]1c1cccc(C(F)(F)F)c1. The minimum Gasteiger partial charge on any atom is -0.391 e. The van der Waals surface area contributed by atoms with Gasteiger partial charge in [0.15, 0.2) is 0 Å². The van der Waals surface area contributed by atoms with Gasteiger partial charge in [-0.05, 0) is 36.2 Å². The molecule has 24 heavy (non-hydrogen) atoms. The lowest BCUT2D eigenvalue weighted by atomic mass is 10.0. The molecule has 4 nitrogen and oxygen atoms in total. The predicted molar refractivity (Wildman–Crippen MR) is 81.1 cm³/mol. The molecule has 0 amide bonds. The molecule has 2 heterocycles. The number of rotatable bonds is 2. The van der Waals surface area contributed by atoms with Gasteiger partial charge in [0.05, 0.1) is 23.3 Å². The maximum absolute atomic E-state index is 13.0. The zero-order valence-corrected chi connectivity index (χ0v) is 12.5. The maximum Gasteiger partial charge on any atom is 0.416 e. The van der Waals surface area contributed by atoms with E-state index in [0.717, 1.165) is 12.1 Å². The number of hydrogen-bond acceptors (Lipinski definition) is 4. The van der Waals surface area contributed by atoms with Crippen LogP contribution in [0.2, 0.25) is 0 Å². The van der Waals surface area contributed by atoms with Crippen molar-refractivity contribution in [3.8, 4) is 6.07 Å². The second kappa shape index (κ2) is 6.13. The van der Waals surface area contributed by atoms with Crippen molar-refractivity contribution in [1.82, 2.24) is 4.98 Å². The quantitative estimate of drug-likeness (QED) is 0.916. The summed E-state index contributed by atoms with van der Waals surface area (Å²) in [6.45, 7) is 0.215. The van der Waals surface area contributed by atoms with Gasteiger partial charge in [-0.15, -0.1) is 0 Å². The Labute approximate surface area is 136 Å². The smallest absolute Gasteiger partial charge is 0.391 e. The first-order valence-corrected chi connectivity index (χ1v) is 7.37. The van der Waals surface area contributed by atoms with Gasteiger partial charge < -0.3 is 10.0 Å². The van der Waals surface area contributed by atoms with Gasteiger partial charge in [0.25, 0.3) is 0 Å². The number of alkyl halides is 3. The van der Waals surface area contributed by atoms with Gasteiger partial charge in [0, 0.05) is 12.7 Å². The molecule has 1 aliphatic heterocycles. The van der Waals surface area contributed by atoms with Gasteiger partial charge in [-0.3, -0.25) is 0 Å². The van der Waals surface area contributed by atoms with Crippen LogP contribution in [0.5, 0.6) is 0 Å². The number of aromatic nitrogens is 1. The van der Waals surface area contributed by atoms with E-state index in [1.54, 1.807) is 23.1 Å². The number of benzene rings is 1. The highest BCUT2D eigenvalue weighted by molar-refractivity contribution is 5.56. The summed E-state index contributed by atoms with van der Waals surface area (Å²) in [7, 11) is 0. The minimum atomic E-state index is -4.43. The molecule has 2 aromatic rings. The van der Waals surface area contributed by atoms with Crippen molar-refractivity contribution < 1.29 is 18.3 Å². The van der Waals surface area contributed by atoms with Gasteiger partial charge in [0.1, 0.15) is 11.9 Å². The average molecular weight is 333 g/mol. The molecule has 1 saturated heterocycles. The third-order valence-corrected chi connectivity index (χ3v) is 4.06. The number of halogens is 3. The van der Waals surface area contributed by atoms with Crippen molar-refractivity contribution in [1.29, 1.82) is 5.26 Å². The molecule has 2 atom stereocenters. The summed E-state index contributed by atoms with van der Waals surface area (Å²) in [5.41, 5.74) is 0.0300. The van der Waals surface area contributed by atoms with Crippen LogP contribution in [0.4, 0.5) is 19.0 Å². The molecule has 0 bridgehead atoms. The number of pyridine rings is 1. The van der Waals surface area contributed by atoms with Crippen molar-refractivity contribution in [3.63, 3.8) is 0 Å². The number of nitrogens with zero attached hydrogens (tertiary/aromatic N) is 3. The lowest BCUT2D eigenvalue weighted by Gasteiger charge is -2.26. The lowest BCUT2D eigenvalue weighted by molar-refractivity contribution is -0.137. The molecule has 0 aliphatic carbocycles. The van der Waals surface area contributed by atoms with Crippen molar-refractivity contribution in [3.05, 3.63) is 59.3 Å². The molecule has 1 aromatic carbocycles. The second-order valence-corrected chi connectivity index (χ2v) is 5.67. The first kappa shape index (κ1) is 16.3. The van der Waals surface area contributed by atoms with E-state index in [2.05, 4.69) is 4.98 Å². The average Bonchev–Trinajstić information content (AvgIpc) is 2.96. The predicted octanol–water partition coefficient (Wildman–Crippen LogP) is 3.28. The number of aliphatic hydroxyl groups is 1. The van der Waals surface area contributed by atoms with Crippen LogP contribution in [0.1, 0.15) is 29.2 Å². The van der Waals surface area contributed by atoms with Gasteiger partial charge in [-0.1, -0.05) is 12.1 Å². The Morgan fingerprint density at radius 3 is 2.75 bits per heavy atom. The Hall–Kier alpha value is -2.59. The minimum absolute atomic E-state index is 0.215. The van der Waals surface area contributed by atoms with Crippen LogP contribution < -0.4 is 4.90 Å². The van der Waals surface area contributed by atoms with Crippen LogP contribution >= 0.6 is 0 Å². The Bertz CT molecular complexity index is 785. The maximum atomic E-state index is 13.0. The molecule has 1 fully saturated rings. The molecule has 0 saturated carbocycles. The number of aliphatic hydroxyl groups excluding tert-OH is 1. The van der Waals surface area contributed by atoms with Crippen molar-refractivity contribution in [2.45, 2.75) is 24.7 Å². The summed E-state index contributed by atoms with van der Waals surface area (Å²) in [6, 6.07) is 9.82. The standard InChI is InChI=1S/C17H14F3N3O/c18-17(19,20)13-5-1-3-11(7-13)15-8-14(24)10-23(15)16-12(9-21)4-2-6-22-16/h1-7,14-15,24H,8,10H2/t14-,15-/m0/s1. The van der Waals surface area contributed by atoms with Crippen molar-refractivity contribution >= 4 is 5.82 Å². The Kier molecular flexibility index (Phi) is 4.16. The summed E-state index contributed by atoms with van der Waals surface area (Å²) in [4.78, 5) is 5.88. The molecule has 1 aromatic heterocycles. The normalized spacial score (nSPS) is 20.9. The molecule has 124 valence electrons. The summed E-state index contributed by atoms with van der Waals surface area (Å²) < 4.78 is 38.9. The van der Waals surface area contributed by atoms with Gasteiger partial charge in [-0.25, -0.2) is 4.98 Å². The van der Waals surface area contributed by atoms with E-state index in [1.165, 1.54) is 12.3 Å². The molecular formula is C17H14F3N3O. The van der Waals surface area contributed by atoms with E-state index in [4.69, 9.17) is 0 Å². The van der Waals surface area contributed by atoms with Crippen LogP contribution in [0.3, 0.4) is 0 Å². The van der Waals surface area contributed by atoms with Crippen molar-refractivity contribution in [2.24, 2.45) is 0 Å². The zero-order chi connectivity index (χ0) is 17.3. The number of anilines is 1. The molecule has 0 radical (unpaired) electrons. The molecule has 0 unspecified atom stereocenters. The highest BCUT2D eigenvalue weighted by atomic mass is 19.4. The monoisotopic (exact) mass is 333 g/mol. The summed E-state index contributed by atoms with van der Waals surface area (Å²) in [5.74, 6) is 0.374. The summed E-state index contributed by atoms with van der Waals surface area (Å²) in [5, 5.41) is 19.2. The largest absolute Gasteiger partial charge is 0.416 e. The van der Waals surface area contributed by atoms with Crippen LogP contribution in [-0.2, 0) is 6.18 Å². The Balaban J connectivity index is 2.02. The lowest BCUT2D eigenvalue weighted by Crippen LogP contribution is -2.26. The van der Waals surface area contributed by atoms with Crippen LogP contribution in [-0.4, -0.2) is 22.7 Å². The van der Waals surface area contributed by atoms with E-state index < -0.39 is 23.9 Å². The number of hydrogen-bond donors (Lipinski definition) is 1. The molecule has 1 N–H and O–H groups in total. The van der Waals surface area contributed by atoms with Crippen LogP contribution in [0.15, 0.2) is 42.6 Å². The van der Waals surface area contributed by atoms with Gasteiger partial charge in [0.2, 0.25) is 0 Å². The fourth-order valence-corrected chi connectivity index (χ4v) is 3.00. The third kappa shape index (κ3) is 3.05. The van der Waals surface area contributed by atoms with E-state index in [1.807, 2.05) is 6.07 Å². The third-order valence-electron chi connectivity index (χ3n) is 4.06. The highest BCUT2D eigenvalue weighted by Crippen LogP contribution is 2.38. The van der Waals surface area contributed by atoms with E-state index >= 15 is 0 Å². The molecular weight excluding hydrogens is 319 g/mol.